The van der Waals surface area contributed by atoms with Crippen LogP contribution in [0, 0.1) is 10.1 Å². The fraction of sp³-hybridized carbons (Fsp3) is 0.333. The van der Waals surface area contributed by atoms with Gasteiger partial charge in [-0.15, -0.1) is 0 Å². The standard InChI is InChI=1S/C15H16ClN3O5/c1-4-24-14(20)12-8(2)18(3)15(21)17-13(12)9-5-6-10(16)11(7-9)19(22)23/h5-7,13H,4H2,1-3H3,(H,17,21). The van der Waals surface area contributed by atoms with Crippen LogP contribution in [0.5, 0.6) is 0 Å². The first-order valence-electron chi connectivity index (χ1n) is 7.13. The van der Waals surface area contributed by atoms with Crippen LogP contribution in [-0.4, -0.2) is 35.5 Å². The highest BCUT2D eigenvalue weighted by atomic mass is 35.5. The van der Waals surface area contributed by atoms with Crippen molar-refractivity contribution in [3.05, 3.63) is 50.2 Å². The Kier molecular flexibility index (Phi) is 5.08. The number of amides is 2. The summed E-state index contributed by atoms with van der Waals surface area (Å²) in [5, 5.41) is 13.7. The predicted octanol–water partition coefficient (Wildman–Crippen LogP) is 2.78. The molecular weight excluding hydrogens is 338 g/mol. The van der Waals surface area contributed by atoms with Crippen molar-refractivity contribution >= 4 is 29.3 Å². The van der Waals surface area contributed by atoms with E-state index in [9.17, 15) is 19.7 Å². The van der Waals surface area contributed by atoms with Crippen molar-refractivity contribution in [3.8, 4) is 0 Å². The molecule has 1 aliphatic heterocycles. The summed E-state index contributed by atoms with van der Waals surface area (Å²) in [5.41, 5.74) is 0.702. The number of benzene rings is 1. The maximum atomic E-state index is 12.3. The second-order valence-electron chi connectivity index (χ2n) is 5.13. The monoisotopic (exact) mass is 353 g/mol. The zero-order valence-electron chi connectivity index (χ0n) is 13.3. The SMILES string of the molecule is CCOC(=O)C1=C(C)N(C)C(=O)NC1c1ccc(Cl)c([N+](=O)[O-])c1. The summed E-state index contributed by atoms with van der Waals surface area (Å²) in [4.78, 5) is 36.1. The molecule has 2 amide bonds. The lowest BCUT2D eigenvalue weighted by molar-refractivity contribution is -0.384. The number of nitro groups is 1. The molecule has 0 aliphatic carbocycles. The maximum absolute atomic E-state index is 12.3. The fourth-order valence-electron chi connectivity index (χ4n) is 2.41. The number of rotatable bonds is 4. The van der Waals surface area contributed by atoms with Crippen molar-refractivity contribution in [1.29, 1.82) is 0 Å². The first-order chi connectivity index (χ1) is 11.3. The molecule has 1 aliphatic rings. The molecule has 1 heterocycles. The first kappa shape index (κ1) is 17.7. The average Bonchev–Trinajstić information content (AvgIpc) is 2.52. The van der Waals surface area contributed by atoms with Crippen LogP contribution in [0.25, 0.3) is 0 Å². The van der Waals surface area contributed by atoms with Gasteiger partial charge >= 0.3 is 12.0 Å². The molecule has 0 fully saturated rings. The van der Waals surface area contributed by atoms with Crippen LogP contribution in [0.1, 0.15) is 25.5 Å². The number of nitrogens with one attached hydrogen (secondary N) is 1. The van der Waals surface area contributed by atoms with E-state index in [1.807, 2.05) is 0 Å². The molecule has 8 nitrogen and oxygen atoms in total. The van der Waals surface area contributed by atoms with E-state index in [-0.39, 0.29) is 22.9 Å². The largest absolute Gasteiger partial charge is 0.463 e. The Bertz CT molecular complexity index is 747. The third-order valence-corrected chi connectivity index (χ3v) is 4.07. The van der Waals surface area contributed by atoms with Gasteiger partial charge in [-0.1, -0.05) is 17.7 Å². The lowest BCUT2D eigenvalue weighted by Gasteiger charge is -2.33. The lowest BCUT2D eigenvalue weighted by atomic mass is 9.94. The molecule has 0 saturated heterocycles. The Morgan fingerprint density at radius 2 is 2.17 bits per heavy atom. The Balaban J connectivity index is 2.57. The lowest BCUT2D eigenvalue weighted by Crippen LogP contribution is -2.46. The molecule has 1 aromatic carbocycles. The van der Waals surface area contributed by atoms with Gasteiger partial charge < -0.3 is 15.0 Å². The minimum Gasteiger partial charge on any atom is -0.463 e. The minimum atomic E-state index is -0.858. The first-order valence-corrected chi connectivity index (χ1v) is 7.51. The summed E-state index contributed by atoms with van der Waals surface area (Å²) in [6, 6.07) is 2.84. The number of halogens is 1. The van der Waals surface area contributed by atoms with Crippen LogP contribution in [0.3, 0.4) is 0 Å². The number of urea groups is 1. The molecule has 9 heteroatoms. The van der Waals surface area contributed by atoms with E-state index >= 15 is 0 Å². The number of allylic oxidation sites excluding steroid dienone is 1. The quantitative estimate of drug-likeness (QED) is 0.509. The molecule has 1 atom stereocenters. The Hall–Kier alpha value is -2.61. The van der Waals surface area contributed by atoms with Crippen molar-refractivity contribution < 1.29 is 19.2 Å². The minimum absolute atomic E-state index is 0.0265. The summed E-state index contributed by atoms with van der Waals surface area (Å²) in [6.07, 6.45) is 0. The van der Waals surface area contributed by atoms with E-state index in [1.54, 1.807) is 13.8 Å². The second-order valence-corrected chi connectivity index (χ2v) is 5.54. The third kappa shape index (κ3) is 3.18. The van der Waals surface area contributed by atoms with Crippen molar-refractivity contribution in [2.75, 3.05) is 13.7 Å². The molecule has 0 radical (unpaired) electrons. The van der Waals surface area contributed by atoms with Gasteiger partial charge in [0.15, 0.2) is 0 Å². The molecule has 24 heavy (non-hydrogen) atoms. The van der Waals surface area contributed by atoms with Gasteiger partial charge in [0.1, 0.15) is 5.02 Å². The molecule has 2 rings (SSSR count). The number of carbonyl (C=O) groups excluding carboxylic acids is 2. The Labute approximate surface area is 143 Å². The number of hydrogen-bond acceptors (Lipinski definition) is 5. The van der Waals surface area contributed by atoms with Crippen LogP contribution in [0.4, 0.5) is 10.5 Å². The van der Waals surface area contributed by atoms with E-state index in [1.165, 1.54) is 30.1 Å². The molecule has 0 saturated carbocycles. The third-order valence-electron chi connectivity index (χ3n) is 3.75. The normalized spacial score (nSPS) is 17.6. The second kappa shape index (κ2) is 6.88. The van der Waals surface area contributed by atoms with Gasteiger partial charge in [0.2, 0.25) is 0 Å². The molecule has 0 spiro atoms. The van der Waals surface area contributed by atoms with E-state index in [2.05, 4.69) is 5.32 Å². The van der Waals surface area contributed by atoms with E-state index in [0.29, 0.717) is 11.3 Å². The highest BCUT2D eigenvalue weighted by Crippen LogP contribution is 2.34. The zero-order valence-corrected chi connectivity index (χ0v) is 14.1. The van der Waals surface area contributed by atoms with Crippen LogP contribution < -0.4 is 5.32 Å². The van der Waals surface area contributed by atoms with Gasteiger partial charge in [0.25, 0.3) is 5.69 Å². The highest BCUT2D eigenvalue weighted by molar-refractivity contribution is 6.32. The molecular formula is C15H16ClN3O5. The molecule has 128 valence electrons. The Morgan fingerprint density at radius 3 is 2.75 bits per heavy atom. The van der Waals surface area contributed by atoms with Gasteiger partial charge in [-0.05, 0) is 25.5 Å². The average molecular weight is 354 g/mol. The Morgan fingerprint density at radius 1 is 1.50 bits per heavy atom. The summed E-state index contributed by atoms with van der Waals surface area (Å²) >= 11 is 5.82. The number of carbonyl (C=O) groups is 2. The number of ether oxygens (including phenoxy) is 1. The summed E-state index contributed by atoms with van der Waals surface area (Å²) in [6.45, 7) is 3.45. The number of hydrogen-bond donors (Lipinski definition) is 1. The fourth-order valence-corrected chi connectivity index (χ4v) is 2.59. The van der Waals surface area contributed by atoms with E-state index < -0.39 is 23.0 Å². The smallest absolute Gasteiger partial charge is 0.338 e. The molecule has 0 bridgehead atoms. The molecule has 1 aromatic rings. The molecule has 1 N–H and O–H groups in total. The van der Waals surface area contributed by atoms with Crippen molar-refractivity contribution in [2.45, 2.75) is 19.9 Å². The van der Waals surface area contributed by atoms with Gasteiger partial charge in [-0.25, -0.2) is 9.59 Å². The van der Waals surface area contributed by atoms with Gasteiger partial charge in [0, 0.05) is 18.8 Å². The zero-order chi connectivity index (χ0) is 18.0. The van der Waals surface area contributed by atoms with Gasteiger partial charge in [0.05, 0.1) is 23.1 Å². The summed E-state index contributed by atoms with van der Waals surface area (Å²) < 4.78 is 5.05. The summed E-state index contributed by atoms with van der Waals surface area (Å²) in [7, 11) is 1.52. The summed E-state index contributed by atoms with van der Waals surface area (Å²) in [5.74, 6) is -0.593. The van der Waals surface area contributed by atoms with Crippen LogP contribution >= 0.6 is 11.6 Å². The van der Waals surface area contributed by atoms with Crippen LogP contribution in [0.15, 0.2) is 29.5 Å². The number of nitro benzene ring substituents is 1. The molecule has 1 unspecified atom stereocenters. The van der Waals surface area contributed by atoms with Crippen LogP contribution in [0.2, 0.25) is 5.02 Å². The van der Waals surface area contributed by atoms with E-state index in [0.717, 1.165) is 0 Å². The van der Waals surface area contributed by atoms with Gasteiger partial charge in [-0.2, -0.15) is 0 Å². The predicted molar refractivity (Wildman–Crippen MR) is 86.5 cm³/mol. The van der Waals surface area contributed by atoms with Crippen molar-refractivity contribution in [3.63, 3.8) is 0 Å². The van der Waals surface area contributed by atoms with Crippen LogP contribution in [-0.2, 0) is 9.53 Å². The number of nitrogens with zero attached hydrogens (tertiary/aromatic N) is 2. The van der Waals surface area contributed by atoms with Crippen molar-refractivity contribution in [2.24, 2.45) is 0 Å². The van der Waals surface area contributed by atoms with Crippen molar-refractivity contribution in [1.82, 2.24) is 10.2 Å². The van der Waals surface area contributed by atoms with Gasteiger partial charge in [-0.3, -0.25) is 10.1 Å². The van der Waals surface area contributed by atoms with E-state index in [4.69, 9.17) is 16.3 Å². The topological polar surface area (TPSA) is 102 Å². The highest BCUT2D eigenvalue weighted by Gasteiger charge is 2.35. The number of esters is 1. The molecule has 0 aromatic heterocycles. The maximum Gasteiger partial charge on any atom is 0.338 e.